The van der Waals surface area contributed by atoms with Gasteiger partial charge in [-0.3, -0.25) is 4.79 Å². The van der Waals surface area contributed by atoms with Crippen LogP contribution in [0.1, 0.15) is 13.3 Å². The molecule has 0 radical (unpaired) electrons. The molecule has 7 heteroatoms. The topological polar surface area (TPSA) is 109 Å². The Hall–Kier alpha value is -1.60. The first-order valence-electron chi connectivity index (χ1n) is 5.40. The van der Waals surface area contributed by atoms with Crippen LogP contribution in [0.15, 0.2) is 29.2 Å². The zero-order valence-electron chi connectivity index (χ0n) is 9.96. The van der Waals surface area contributed by atoms with Crippen LogP contribution >= 0.6 is 0 Å². The Labute approximate surface area is 106 Å². The van der Waals surface area contributed by atoms with Crippen LogP contribution in [-0.2, 0) is 14.8 Å². The average Bonchev–Trinajstić information content (AvgIpc) is 2.28. The van der Waals surface area contributed by atoms with Crippen molar-refractivity contribution in [2.24, 2.45) is 11.1 Å². The number of carboxylic acid groups (broad SMARTS) is 1. The number of nitrogens with one attached hydrogen (secondary N) is 1. The molecule has 1 unspecified atom stereocenters. The van der Waals surface area contributed by atoms with Gasteiger partial charge < -0.3 is 10.4 Å². The highest BCUT2D eigenvalue weighted by Crippen LogP contribution is 2.13. The first kappa shape index (κ1) is 14.5. The zero-order valence-corrected chi connectivity index (χ0v) is 10.8. The van der Waals surface area contributed by atoms with E-state index in [0.29, 0.717) is 13.0 Å². The minimum absolute atomic E-state index is 0.0481. The summed E-state index contributed by atoms with van der Waals surface area (Å²) in [6.07, 6.45) is 0.492. The molecule has 1 rings (SSSR count). The van der Waals surface area contributed by atoms with Gasteiger partial charge in [0.15, 0.2) is 0 Å². The van der Waals surface area contributed by atoms with Crippen molar-refractivity contribution in [3.05, 3.63) is 24.3 Å². The molecule has 0 amide bonds. The van der Waals surface area contributed by atoms with E-state index in [-0.39, 0.29) is 4.90 Å². The Morgan fingerprint density at radius 3 is 2.39 bits per heavy atom. The molecule has 0 bridgehead atoms. The summed E-state index contributed by atoms with van der Waals surface area (Å²) in [5.41, 5.74) is 0.722. The van der Waals surface area contributed by atoms with Gasteiger partial charge in [0.2, 0.25) is 10.0 Å². The first-order valence-corrected chi connectivity index (χ1v) is 6.95. The van der Waals surface area contributed by atoms with Crippen molar-refractivity contribution in [1.82, 2.24) is 0 Å². The number of carbonyl (C=O) groups is 1. The minimum atomic E-state index is -3.67. The highest BCUT2D eigenvalue weighted by Gasteiger charge is 2.10. The lowest BCUT2D eigenvalue weighted by Gasteiger charge is -2.09. The molecule has 0 aromatic heterocycles. The summed E-state index contributed by atoms with van der Waals surface area (Å²) in [4.78, 5) is 10.6. The lowest BCUT2D eigenvalue weighted by Crippen LogP contribution is -2.14. The lowest BCUT2D eigenvalue weighted by atomic mass is 10.1. The average molecular weight is 272 g/mol. The van der Waals surface area contributed by atoms with Gasteiger partial charge >= 0.3 is 5.97 Å². The highest BCUT2D eigenvalue weighted by atomic mass is 32.2. The maximum atomic E-state index is 11.0. The molecule has 100 valence electrons. The number of hydrogen-bond donors (Lipinski definition) is 3. The van der Waals surface area contributed by atoms with E-state index in [0.717, 1.165) is 5.69 Å². The van der Waals surface area contributed by atoms with E-state index in [1.54, 1.807) is 19.1 Å². The Bertz CT molecular complexity index is 510. The van der Waals surface area contributed by atoms with Gasteiger partial charge in [-0.15, -0.1) is 0 Å². The fourth-order valence-corrected chi connectivity index (χ4v) is 1.83. The fourth-order valence-electron chi connectivity index (χ4n) is 1.32. The van der Waals surface area contributed by atoms with Crippen LogP contribution in [0.4, 0.5) is 5.69 Å². The van der Waals surface area contributed by atoms with E-state index in [1.807, 2.05) is 0 Å². The van der Waals surface area contributed by atoms with Crippen molar-refractivity contribution in [1.29, 1.82) is 0 Å². The highest BCUT2D eigenvalue weighted by molar-refractivity contribution is 7.89. The van der Waals surface area contributed by atoms with Crippen LogP contribution in [-0.4, -0.2) is 26.0 Å². The third kappa shape index (κ3) is 4.34. The van der Waals surface area contributed by atoms with Gasteiger partial charge in [-0.25, -0.2) is 13.6 Å². The van der Waals surface area contributed by atoms with E-state index in [4.69, 9.17) is 10.2 Å². The third-order valence-corrected chi connectivity index (χ3v) is 3.44. The molecule has 0 heterocycles. The molecule has 1 aromatic carbocycles. The molecule has 0 saturated heterocycles. The van der Waals surface area contributed by atoms with Crippen LogP contribution in [0.2, 0.25) is 0 Å². The number of rotatable bonds is 6. The Morgan fingerprint density at radius 1 is 1.39 bits per heavy atom. The molecule has 4 N–H and O–H groups in total. The lowest BCUT2D eigenvalue weighted by molar-refractivity contribution is -0.141. The maximum Gasteiger partial charge on any atom is 0.306 e. The van der Waals surface area contributed by atoms with E-state index < -0.39 is 21.9 Å². The predicted molar refractivity (Wildman–Crippen MR) is 67.7 cm³/mol. The van der Waals surface area contributed by atoms with Crippen molar-refractivity contribution < 1.29 is 18.3 Å². The van der Waals surface area contributed by atoms with Crippen molar-refractivity contribution in [3.8, 4) is 0 Å². The van der Waals surface area contributed by atoms with Gasteiger partial charge in [0.25, 0.3) is 0 Å². The number of benzene rings is 1. The van der Waals surface area contributed by atoms with Gasteiger partial charge in [-0.05, 0) is 30.7 Å². The summed E-state index contributed by atoms with van der Waals surface area (Å²) in [6.45, 7) is 2.14. The van der Waals surface area contributed by atoms with E-state index in [2.05, 4.69) is 5.32 Å². The van der Waals surface area contributed by atoms with Crippen LogP contribution in [0, 0.1) is 5.92 Å². The fraction of sp³-hybridized carbons (Fsp3) is 0.364. The summed E-state index contributed by atoms with van der Waals surface area (Å²) in [5.74, 6) is -1.25. The summed E-state index contributed by atoms with van der Waals surface area (Å²) >= 11 is 0. The number of primary sulfonamides is 1. The molecule has 0 spiro atoms. The molecule has 18 heavy (non-hydrogen) atoms. The standard InChI is InChI=1S/C11H16N2O4S/c1-8(11(14)15)6-7-13-9-2-4-10(5-3-9)18(12,16)17/h2-5,8,13H,6-7H2,1H3,(H,14,15)(H2,12,16,17). The van der Waals surface area contributed by atoms with Crippen LogP contribution in [0.5, 0.6) is 0 Å². The van der Waals surface area contributed by atoms with Crippen molar-refractivity contribution >= 4 is 21.7 Å². The number of aliphatic carboxylic acids is 1. The summed E-state index contributed by atoms with van der Waals surface area (Å²) in [7, 11) is -3.67. The number of anilines is 1. The molecule has 0 aliphatic heterocycles. The Morgan fingerprint density at radius 2 is 1.94 bits per heavy atom. The van der Waals surface area contributed by atoms with Gasteiger partial charge in [0, 0.05) is 12.2 Å². The molecule has 0 aliphatic carbocycles. The molecule has 1 atom stereocenters. The molecule has 6 nitrogen and oxygen atoms in total. The monoisotopic (exact) mass is 272 g/mol. The van der Waals surface area contributed by atoms with Gasteiger partial charge in [-0.1, -0.05) is 6.92 Å². The second-order valence-electron chi connectivity index (χ2n) is 4.02. The molecule has 0 fully saturated rings. The van der Waals surface area contributed by atoms with Crippen molar-refractivity contribution in [3.63, 3.8) is 0 Å². The van der Waals surface area contributed by atoms with Gasteiger partial charge in [0.1, 0.15) is 0 Å². The van der Waals surface area contributed by atoms with Crippen molar-refractivity contribution in [2.75, 3.05) is 11.9 Å². The van der Waals surface area contributed by atoms with E-state index in [9.17, 15) is 13.2 Å². The van der Waals surface area contributed by atoms with Crippen LogP contribution in [0.3, 0.4) is 0 Å². The normalized spacial score (nSPS) is 13.0. The van der Waals surface area contributed by atoms with Crippen LogP contribution in [0.25, 0.3) is 0 Å². The minimum Gasteiger partial charge on any atom is -0.481 e. The van der Waals surface area contributed by atoms with Gasteiger partial charge in [0.05, 0.1) is 10.8 Å². The third-order valence-electron chi connectivity index (χ3n) is 2.51. The van der Waals surface area contributed by atoms with E-state index in [1.165, 1.54) is 12.1 Å². The Balaban J connectivity index is 2.52. The smallest absolute Gasteiger partial charge is 0.306 e. The second-order valence-corrected chi connectivity index (χ2v) is 5.59. The van der Waals surface area contributed by atoms with Crippen molar-refractivity contribution in [2.45, 2.75) is 18.2 Å². The van der Waals surface area contributed by atoms with Crippen LogP contribution < -0.4 is 10.5 Å². The molecular formula is C11H16N2O4S. The van der Waals surface area contributed by atoms with Gasteiger partial charge in [-0.2, -0.15) is 0 Å². The largest absolute Gasteiger partial charge is 0.481 e. The quantitative estimate of drug-likeness (QED) is 0.711. The molecule has 0 aliphatic rings. The summed E-state index contributed by atoms with van der Waals surface area (Å²) in [5, 5.41) is 16.7. The summed E-state index contributed by atoms with van der Waals surface area (Å²) in [6, 6.07) is 5.98. The maximum absolute atomic E-state index is 11.0. The number of carboxylic acids is 1. The first-order chi connectivity index (χ1) is 8.30. The number of hydrogen-bond acceptors (Lipinski definition) is 4. The number of sulfonamides is 1. The molecule has 0 saturated carbocycles. The predicted octanol–water partition coefficient (Wildman–Crippen LogP) is 0.857. The molecule has 1 aromatic rings. The Kier molecular flexibility index (Phi) is 4.69. The molecular weight excluding hydrogens is 256 g/mol. The summed E-state index contributed by atoms with van der Waals surface area (Å²) < 4.78 is 22.0. The zero-order chi connectivity index (χ0) is 13.8. The van der Waals surface area contributed by atoms with E-state index >= 15 is 0 Å². The second kappa shape index (κ2) is 5.83. The SMILES string of the molecule is CC(CCNc1ccc(S(N)(=O)=O)cc1)C(=O)O. The number of nitrogens with two attached hydrogens (primary N) is 1.